The first-order valence-electron chi connectivity index (χ1n) is 6.48. The molecule has 0 saturated heterocycles. The minimum Gasteiger partial charge on any atom is -0.447 e. The van der Waals surface area contributed by atoms with Gasteiger partial charge >= 0.3 is 6.09 Å². The molecule has 6 heteroatoms. The molecular weight excluding hydrogens is 246 g/mol. The monoisotopic (exact) mass is 269 g/mol. The first-order chi connectivity index (χ1) is 8.90. The first-order valence-corrected chi connectivity index (χ1v) is 6.48. The Kier molecular flexibility index (Phi) is 5.82. The lowest BCUT2D eigenvalue weighted by Crippen LogP contribution is -2.43. The quantitative estimate of drug-likeness (QED) is 0.826. The number of rotatable bonds is 6. The van der Waals surface area contributed by atoms with E-state index in [1.807, 2.05) is 27.7 Å². The highest BCUT2D eigenvalue weighted by Crippen LogP contribution is 2.07. The van der Waals surface area contributed by atoms with Crippen LogP contribution in [0.4, 0.5) is 4.79 Å². The maximum atomic E-state index is 11.6. The standard InChI is InChI=1S/C13H23N3O3/c1-5-10(16-12(17)19-13(2,3)4)6-14-7-11-8-15-9-18-11/h8-10,14H,5-7H2,1-4H3,(H,16,17). The summed E-state index contributed by atoms with van der Waals surface area (Å²) in [6, 6.07) is 0.0257. The molecule has 0 spiro atoms. The molecule has 1 aromatic heterocycles. The van der Waals surface area contributed by atoms with Crippen molar-refractivity contribution in [2.75, 3.05) is 6.54 Å². The zero-order chi connectivity index (χ0) is 14.3. The zero-order valence-electron chi connectivity index (χ0n) is 12.0. The molecule has 19 heavy (non-hydrogen) atoms. The zero-order valence-corrected chi connectivity index (χ0v) is 12.0. The Morgan fingerprint density at radius 2 is 2.26 bits per heavy atom. The van der Waals surface area contributed by atoms with Crippen molar-refractivity contribution in [3.8, 4) is 0 Å². The molecule has 0 aromatic carbocycles. The molecule has 1 rings (SSSR count). The van der Waals surface area contributed by atoms with E-state index in [0.29, 0.717) is 13.1 Å². The summed E-state index contributed by atoms with van der Waals surface area (Å²) in [5.41, 5.74) is -0.477. The Balaban J connectivity index is 2.27. The molecule has 1 atom stereocenters. The molecule has 6 nitrogen and oxygen atoms in total. The van der Waals surface area contributed by atoms with Crippen molar-refractivity contribution >= 4 is 6.09 Å². The molecule has 1 amide bonds. The smallest absolute Gasteiger partial charge is 0.407 e. The minimum absolute atomic E-state index is 0.0257. The number of amides is 1. The van der Waals surface area contributed by atoms with Gasteiger partial charge in [-0.05, 0) is 27.2 Å². The van der Waals surface area contributed by atoms with Crippen molar-refractivity contribution < 1.29 is 13.9 Å². The summed E-state index contributed by atoms with van der Waals surface area (Å²) in [4.78, 5) is 15.5. The third-order valence-electron chi connectivity index (χ3n) is 2.39. The van der Waals surface area contributed by atoms with E-state index in [1.54, 1.807) is 6.20 Å². The number of aromatic nitrogens is 1. The highest BCUT2D eigenvalue weighted by molar-refractivity contribution is 5.68. The second-order valence-corrected chi connectivity index (χ2v) is 5.35. The Bertz CT molecular complexity index is 371. The van der Waals surface area contributed by atoms with E-state index in [2.05, 4.69) is 15.6 Å². The van der Waals surface area contributed by atoms with E-state index in [-0.39, 0.29) is 12.1 Å². The van der Waals surface area contributed by atoms with Crippen molar-refractivity contribution in [1.29, 1.82) is 0 Å². The van der Waals surface area contributed by atoms with Gasteiger partial charge in [0.05, 0.1) is 12.7 Å². The summed E-state index contributed by atoms with van der Waals surface area (Å²) in [5, 5.41) is 6.04. The highest BCUT2D eigenvalue weighted by Gasteiger charge is 2.18. The molecule has 0 saturated carbocycles. The fourth-order valence-corrected chi connectivity index (χ4v) is 1.47. The molecule has 1 unspecified atom stereocenters. The van der Waals surface area contributed by atoms with Crippen molar-refractivity contribution in [1.82, 2.24) is 15.6 Å². The second kappa shape index (κ2) is 7.13. The fraction of sp³-hybridized carbons (Fsp3) is 0.692. The number of nitrogens with one attached hydrogen (secondary N) is 2. The predicted octanol–water partition coefficient (Wildman–Crippen LogP) is 2.07. The summed E-state index contributed by atoms with van der Waals surface area (Å²) in [6.45, 7) is 8.78. The predicted molar refractivity (Wildman–Crippen MR) is 71.7 cm³/mol. The number of alkyl carbamates (subject to hydrolysis) is 1. The average Bonchev–Trinajstić information content (AvgIpc) is 2.78. The highest BCUT2D eigenvalue weighted by atomic mass is 16.6. The molecule has 1 aromatic rings. The maximum Gasteiger partial charge on any atom is 0.407 e. The van der Waals surface area contributed by atoms with Gasteiger partial charge in [0.1, 0.15) is 11.4 Å². The SMILES string of the molecule is CCC(CNCc1cnco1)NC(=O)OC(C)(C)C. The normalized spacial score (nSPS) is 13.1. The average molecular weight is 269 g/mol. The van der Waals surface area contributed by atoms with Crippen LogP contribution in [-0.2, 0) is 11.3 Å². The molecule has 1 heterocycles. The van der Waals surface area contributed by atoms with Crippen LogP contribution < -0.4 is 10.6 Å². The molecule has 0 aliphatic rings. The van der Waals surface area contributed by atoms with Gasteiger partial charge in [-0.25, -0.2) is 9.78 Å². The van der Waals surface area contributed by atoms with Crippen molar-refractivity contribution in [3.63, 3.8) is 0 Å². The van der Waals surface area contributed by atoms with Gasteiger partial charge in [-0.2, -0.15) is 0 Å². The molecule has 0 radical (unpaired) electrons. The van der Waals surface area contributed by atoms with Gasteiger partial charge in [0.25, 0.3) is 0 Å². The lowest BCUT2D eigenvalue weighted by molar-refractivity contribution is 0.0502. The van der Waals surface area contributed by atoms with Crippen LogP contribution in [0.3, 0.4) is 0 Å². The number of ether oxygens (including phenoxy) is 1. The summed E-state index contributed by atoms with van der Waals surface area (Å²) >= 11 is 0. The van der Waals surface area contributed by atoms with Gasteiger partial charge in [0.2, 0.25) is 0 Å². The van der Waals surface area contributed by atoms with Gasteiger partial charge in [-0.3, -0.25) is 0 Å². The summed E-state index contributed by atoms with van der Waals surface area (Å²) in [5.74, 6) is 0.770. The number of carbonyl (C=O) groups excluding carboxylic acids is 1. The molecule has 0 aliphatic heterocycles. The third-order valence-corrected chi connectivity index (χ3v) is 2.39. The minimum atomic E-state index is -0.477. The van der Waals surface area contributed by atoms with Crippen LogP contribution in [0.25, 0.3) is 0 Å². The van der Waals surface area contributed by atoms with Crippen LogP contribution in [0.5, 0.6) is 0 Å². The van der Waals surface area contributed by atoms with Crippen molar-refractivity contribution in [2.24, 2.45) is 0 Å². The first kappa shape index (κ1) is 15.5. The van der Waals surface area contributed by atoms with E-state index >= 15 is 0 Å². The largest absolute Gasteiger partial charge is 0.447 e. The Morgan fingerprint density at radius 3 is 2.79 bits per heavy atom. The van der Waals surface area contributed by atoms with E-state index in [4.69, 9.17) is 9.15 Å². The molecule has 0 aliphatic carbocycles. The van der Waals surface area contributed by atoms with Gasteiger partial charge in [-0.1, -0.05) is 6.92 Å². The lowest BCUT2D eigenvalue weighted by atomic mass is 10.2. The van der Waals surface area contributed by atoms with Gasteiger partial charge in [0, 0.05) is 12.6 Å². The van der Waals surface area contributed by atoms with E-state index in [9.17, 15) is 4.79 Å². The van der Waals surface area contributed by atoms with Gasteiger partial charge < -0.3 is 19.8 Å². The van der Waals surface area contributed by atoms with Crippen molar-refractivity contribution in [2.45, 2.75) is 52.3 Å². The summed E-state index contributed by atoms with van der Waals surface area (Å²) < 4.78 is 10.3. The number of hydrogen-bond donors (Lipinski definition) is 2. The van der Waals surface area contributed by atoms with E-state index in [1.165, 1.54) is 6.39 Å². The third kappa shape index (κ3) is 6.81. The summed E-state index contributed by atoms with van der Waals surface area (Å²) in [6.07, 6.45) is 3.49. The second-order valence-electron chi connectivity index (χ2n) is 5.35. The molecule has 108 valence electrons. The van der Waals surface area contributed by atoms with Crippen LogP contribution in [0.1, 0.15) is 39.9 Å². The van der Waals surface area contributed by atoms with Crippen molar-refractivity contribution in [3.05, 3.63) is 18.4 Å². The topological polar surface area (TPSA) is 76.4 Å². The van der Waals surface area contributed by atoms with Crippen LogP contribution in [-0.4, -0.2) is 29.3 Å². The molecule has 0 fully saturated rings. The number of carbonyl (C=O) groups is 1. The van der Waals surface area contributed by atoms with Crippen LogP contribution in [0, 0.1) is 0 Å². The van der Waals surface area contributed by atoms with Crippen LogP contribution in [0.15, 0.2) is 17.0 Å². The fourth-order valence-electron chi connectivity index (χ4n) is 1.47. The van der Waals surface area contributed by atoms with E-state index < -0.39 is 5.60 Å². The Hall–Kier alpha value is -1.56. The Morgan fingerprint density at radius 1 is 1.53 bits per heavy atom. The Labute approximate surface area is 113 Å². The summed E-state index contributed by atoms with van der Waals surface area (Å²) in [7, 11) is 0. The van der Waals surface area contributed by atoms with Crippen LogP contribution in [0.2, 0.25) is 0 Å². The van der Waals surface area contributed by atoms with Gasteiger partial charge in [-0.15, -0.1) is 0 Å². The maximum absolute atomic E-state index is 11.6. The number of hydrogen-bond acceptors (Lipinski definition) is 5. The molecular formula is C13H23N3O3. The molecule has 0 bridgehead atoms. The lowest BCUT2D eigenvalue weighted by Gasteiger charge is -2.23. The van der Waals surface area contributed by atoms with Crippen LogP contribution >= 0.6 is 0 Å². The number of oxazole rings is 1. The van der Waals surface area contributed by atoms with Gasteiger partial charge in [0.15, 0.2) is 6.39 Å². The molecule has 2 N–H and O–H groups in total. The number of nitrogens with zero attached hydrogens (tertiary/aromatic N) is 1. The van der Waals surface area contributed by atoms with E-state index in [0.717, 1.165) is 12.2 Å².